The molecule has 0 saturated carbocycles. The Bertz CT molecular complexity index is 558. The van der Waals surface area contributed by atoms with Gasteiger partial charge in [0.25, 0.3) is 5.91 Å². The van der Waals surface area contributed by atoms with Crippen molar-refractivity contribution in [2.24, 2.45) is 0 Å². The molecule has 20 heavy (non-hydrogen) atoms. The molecular weight excluding hydrogens is 254 g/mol. The number of rotatable bonds is 6. The Morgan fingerprint density at radius 3 is 2.90 bits per heavy atom. The highest BCUT2D eigenvalue weighted by Crippen LogP contribution is 2.13. The Kier molecular flexibility index (Phi) is 5.06. The van der Waals surface area contributed by atoms with Crippen LogP contribution in [0.3, 0.4) is 0 Å². The van der Waals surface area contributed by atoms with Gasteiger partial charge in [0.1, 0.15) is 5.56 Å². The summed E-state index contributed by atoms with van der Waals surface area (Å²) < 4.78 is 5.34. The molecule has 0 bridgehead atoms. The Morgan fingerprint density at radius 1 is 1.30 bits per heavy atom. The average Bonchev–Trinajstić information content (AvgIpc) is 2.49. The summed E-state index contributed by atoms with van der Waals surface area (Å²) in [7, 11) is 0. The maximum Gasteiger partial charge on any atom is 0.256 e. The lowest BCUT2D eigenvalue weighted by atomic mass is 10.2. The number of ether oxygens (including phenoxy) is 1. The fraction of sp³-hybridized carbons (Fsp3) is 0.267. The number of hydrogen-bond acceptors (Lipinski definition) is 4. The highest BCUT2D eigenvalue weighted by molar-refractivity contribution is 5.96. The smallest absolute Gasteiger partial charge is 0.256 e. The number of hydrogen-bond donors (Lipinski definition) is 1. The van der Waals surface area contributed by atoms with E-state index >= 15 is 0 Å². The van der Waals surface area contributed by atoms with E-state index in [1.54, 1.807) is 30.7 Å². The SMILES string of the molecule is CCOc1ncccc1C(=O)NCCc1cccnc1. The van der Waals surface area contributed by atoms with Crippen LogP contribution in [0.15, 0.2) is 42.9 Å². The standard InChI is InChI=1S/C15H17N3O2/c1-2-20-15-13(6-4-9-18-15)14(19)17-10-7-12-5-3-8-16-11-12/h3-6,8-9,11H,2,7,10H2,1H3,(H,17,19). The highest BCUT2D eigenvalue weighted by atomic mass is 16.5. The number of nitrogens with zero attached hydrogens (tertiary/aromatic N) is 2. The van der Waals surface area contributed by atoms with Gasteiger partial charge in [-0.05, 0) is 37.1 Å². The lowest BCUT2D eigenvalue weighted by Crippen LogP contribution is -2.26. The molecule has 1 amide bonds. The average molecular weight is 271 g/mol. The quantitative estimate of drug-likeness (QED) is 0.870. The van der Waals surface area contributed by atoms with Crippen molar-refractivity contribution in [3.8, 4) is 5.88 Å². The maximum atomic E-state index is 12.1. The first-order chi connectivity index (χ1) is 9.81. The molecule has 0 fully saturated rings. The summed E-state index contributed by atoms with van der Waals surface area (Å²) in [4.78, 5) is 20.2. The van der Waals surface area contributed by atoms with E-state index in [0.717, 1.165) is 12.0 Å². The van der Waals surface area contributed by atoms with E-state index < -0.39 is 0 Å². The van der Waals surface area contributed by atoms with Gasteiger partial charge in [0.2, 0.25) is 5.88 Å². The van der Waals surface area contributed by atoms with Crippen LogP contribution in [0.1, 0.15) is 22.8 Å². The first kappa shape index (κ1) is 14.0. The van der Waals surface area contributed by atoms with Gasteiger partial charge in [-0.3, -0.25) is 9.78 Å². The normalized spacial score (nSPS) is 10.1. The van der Waals surface area contributed by atoms with Gasteiger partial charge in [-0.15, -0.1) is 0 Å². The molecule has 104 valence electrons. The van der Waals surface area contributed by atoms with Crippen molar-refractivity contribution in [3.63, 3.8) is 0 Å². The summed E-state index contributed by atoms with van der Waals surface area (Å²) >= 11 is 0. The van der Waals surface area contributed by atoms with Crippen LogP contribution in [-0.4, -0.2) is 29.0 Å². The van der Waals surface area contributed by atoms with Crippen LogP contribution in [0, 0.1) is 0 Å². The van der Waals surface area contributed by atoms with E-state index in [4.69, 9.17) is 4.74 Å². The lowest BCUT2D eigenvalue weighted by Gasteiger charge is -2.09. The number of nitrogens with one attached hydrogen (secondary N) is 1. The number of amides is 1. The van der Waals surface area contributed by atoms with Crippen LogP contribution in [-0.2, 0) is 6.42 Å². The predicted molar refractivity (Wildman–Crippen MR) is 75.7 cm³/mol. The minimum atomic E-state index is -0.176. The van der Waals surface area contributed by atoms with Crippen LogP contribution in [0.2, 0.25) is 0 Å². The molecule has 0 aliphatic heterocycles. The Hall–Kier alpha value is -2.43. The van der Waals surface area contributed by atoms with Gasteiger partial charge in [0.05, 0.1) is 6.61 Å². The largest absolute Gasteiger partial charge is 0.477 e. The Labute approximate surface area is 118 Å². The maximum absolute atomic E-state index is 12.1. The van der Waals surface area contributed by atoms with Crippen molar-refractivity contribution in [2.75, 3.05) is 13.2 Å². The fourth-order valence-electron chi connectivity index (χ4n) is 1.78. The van der Waals surface area contributed by atoms with E-state index in [2.05, 4.69) is 15.3 Å². The van der Waals surface area contributed by atoms with E-state index in [1.807, 2.05) is 19.1 Å². The Morgan fingerprint density at radius 2 is 2.15 bits per heavy atom. The molecule has 0 aliphatic rings. The third-order valence-corrected chi connectivity index (χ3v) is 2.72. The summed E-state index contributed by atoms with van der Waals surface area (Å²) in [5, 5.41) is 2.86. The van der Waals surface area contributed by atoms with Crippen LogP contribution in [0.4, 0.5) is 0 Å². The minimum Gasteiger partial charge on any atom is -0.477 e. The molecule has 1 N–H and O–H groups in total. The zero-order valence-corrected chi connectivity index (χ0v) is 11.4. The molecule has 2 rings (SSSR count). The second-order valence-electron chi connectivity index (χ2n) is 4.16. The first-order valence-electron chi connectivity index (χ1n) is 6.56. The van der Waals surface area contributed by atoms with Gasteiger partial charge < -0.3 is 10.1 Å². The number of pyridine rings is 2. The molecule has 2 aromatic rings. The van der Waals surface area contributed by atoms with E-state index in [1.165, 1.54) is 0 Å². The van der Waals surface area contributed by atoms with Gasteiger partial charge in [0.15, 0.2) is 0 Å². The second kappa shape index (κ2) is 7.23. The van der Waals surface area contributed by atoms with E-state index in [0.29, 0.717) is 24.6 Å². The zero-order chi connectivity index (χ0) is 14.2. The third-order valence-electron chi connectivity index (χ3n) is 2.72. The van der Waals surface area contributed by atoms with Gasteiger partial charge in [-0.1, -0.05) is 6.07 Å². The zero-order valence-electron chi connectivity index (χ0n) is 11.4. The molecular formula is C15H17N3O2. The molecule has 0 atom stereocenters. The third kappa shape index (κ3) is 3.78. The molecule has 5 heteroatoms. The van der Waals surface area contributed by atoms with Crippen molar-refractivity contribution in [1.82, 2.24) is 15.3 Å². The molecule has 0 radical (unpaired) electrons. The number of carbonyl (C=O) groups is 1. The topological polar surface area (TPSA) is 64.1 Å². The first-order valence-corrected chi connectivity index (χ1v) is 6.56. The summed E-state index contributed by atoms with van der Waals surface area (Å²) in [6, 6.07) is 7.29. The number of aromatic nitrogens is 2. The fourth-order valence-corrected chi connectivity index (χ4v) is 1.78. The minimum absolute atomic E-state index is 0.176. The molecule has 2 heterocycles. The second-order valence-corrected chi connectivity index (χ2v) is 4.16. The van der Waals surface area contributed by atoms with Crippen LogP contribution < -0.4 is 10.1 Å². The van der Waals surface area contributed by atoms with Crippen LogP contribution in [0.5, 0.6) is 5.88 Å². The van der Waals surface area contributed by atoms with Gasteiger partial charge in [-0.25, -0.2) is 4.98 Å². The molecule has 2 aromatic heterocycles. The Balaban J connectivity index is 1.92. The summed E-state index contributed by atoms with van der Waals surface area (Å²) in [6.07, 6.45) is 5.87. The van der Waals surface area contributed by atoms with Gasteiger partial charge in [0, 0.05) is 25.1 Å². The molecule has 0 aromatic carbocycles. The van der Waals surface area contributed by atoms with Crippen LogP contribution in [0.25, 0.3) is 0 Å². The predicted octanol–water partition coefficient (Wildman–Crippen LogP) is 1.85. The van der Waals surface area contributed by atoms with Crippen molar-refractivity contribution >= 4 is 5.91 Å². The lowest BCUT2D eigenvalue weighted by molar-refractivity contribution is 0.0949. The van der Waals surface area contributed by atoms with E-state index in [-0.39, 0.29) is 5.91 Å². The van der Waals surface area contributed by atoms with Crippen molar-refractivity contribution in [3.05, 3.63) is 54.0 Å². The molecule has 0 aliphatic carbocycles. The monoisotopic (exact) mass is 271 g/mol. The molecule has 0 unspecified atom stereocenters. The number of carbonyl (C=O) groups excluding carboxylic acids is 1. The van der Waals surface area contributed by atoms with Gasteiger partial charge in [-0.2, -0.15) is 0 Å². The highest BCUT2D eigenvalue weighted by Gasteiger charge is 2.12. The summed E-state index contributed by atoms with van der Waals surface area (Å²) in [5.41, 5.74) is 1.55. The van der Waals surface area contributed by atoms with Crippen molar-refractivity contribution < 1.29 is 9.53 Å². The van der Waals surface area contributed by atoms with Crippen molar-refractivity contribution in [2.45, 2.75) is 13.3 Å². The van der Waals surface area contributed by atoms with Crippen molar-refractivity contribution in [1.29, 1.82) is 0 Å². The van der Waals surface area contributed by atoms with E-state index in [9.17, 15) is 4.79 Å². The molecule has 0 saturated heterocycles. The molecule has 5 nitrogen and oxygen atoms in total. The summed E-state index contributed by atoms with van der Waals surface area (Å²) in [6.45, 7) is 2.89. The summed E-state index contributed by atoms with van der Waals surface area (Å²) in [5.74, 6) is 0.194. The van der Waals surface area contributed by atoms with Crippen LogP contribution >= 0.6 is 0 Å². The molecule has 0 spiro atoms. The van der Waals surface area contributed by atoms with Gasteiger partial charge >= 0.3 is 0 Å².